The summed E-state index contributed by atoms with van der Waals surface area (Å²) in [5.41, 5.74) is 5.11. The number of fused-ring (bicyclic) bond motifs is 1. The van der Waals surface area contributed by atoms with Gasteiger partial charge in [-0.25, -0.2) is 0 Å². The Morgan fingerprint density at radius 3 is 2.95 bits per heavy atom. The van der Waals surface area contributed by atoms with Crippen LogP contribution in [0.4, 0.5) is 0 Å². The highest BCUT2D eigenvalue weighted by Crippen LogP contribution is 2.33. The summed E-state index contributed by atoms with van der Waals surface area (Å²) in [6.45, 7) is 0.302. The van der Waals surface area contributed by atoms with Crippen LogP contribution in [-0.4, -0.2) is 29.5 Å². The quantitative estimate of drug-likeness (QED) is 0.896. The van der Waals surface area contributed by atoms with Crippen LogP contribution in [0.5, 0.6) is 11.5 Å². The van der Waals surface area contributed by atoms with E-state index in [1.54, 1.807) is 11.8 Å². The molecule has 0 saturated heterocycles. The summed E-state index contributed by atoms with van der Waals surface area (Å²) in [6.07, 6.45) is 2.43. The van der Waals surface area contributed by atoms with Crippen molar-refractivity contribution >= 4 is 22.6 Å². The van der Waals surface area contributed by atoms with Crippen LogP contribution in [0.15, 0.2) is 28.3 Å². The fourth-order valence-corrected chi connectivity index (χ4v) is 2.81. The monoisotopic (exact) mass is 275 g/mol. The van der Waals surface area contributed by atoms with Gasteiger partial charge in [-0.05, 0) is 31.0 Å². The molecule has 1 N–H and O–H groups in total. The van der Waals surface area contributed by atoms with Gasteiger partial charge in [-0.2, -0.15) is 5.10 Å². The zero-order valence-corrected chi connectivity index (χ0v) is 11.1. The molecule has 0 atom stereocenters. The lowest BCUT2D eigenvalue weighted by atomic mass is 10.1. The Labute approximate surface area is 115 Å². The van der Waals surface area contributed by atoms with Gasteiger partial charge >= 0.3 is 0 Å². The van der Waals surface area contributed by atoms with Gasteiger partial charge in [-0.3, -0.25) is 10.4 Å². The molecule has 19 heavy (non-hydrogen) atoms. The number of hydrazone groups is 1. The molecule has 4 rings (SSSR count). The van der Waals surface area contributed by atoms with Gasteiger partial charge in [0.05, 0.1) is 11.8 Å². The van der Waals surface area contributed by atoms with Crippen molar-refractivity contribution in [1.82, 2.24) is 5.43 Å². The van der Waals surface area contributed by atoms with Crippen molar-refractivity contribution in [3.63, 3.8) is 0 Å². The van der Waals surface area contributed by atoms with E-state index < -0.39 is 0 Å². The van der Waals surface area contributed by atoms with E-state index >= 15 is 0 Å². The highest BCUT2D eigenvalue weighted by molar-refractivity contribution is 8.14. The molecule has 1 aliphatic carbocycles. The van der Waals surface area contributed by atoms with Gasteiger partial charge in [0, 0.05) is 11.3 Å². The Morgan fingerprint density at radius 1 is 1.26 bits per heavy atom. The molecule has 6 heteroatoms. The first-order chi connectivity index (χ1) is 9.38. The van der Waals surface area contributed by atoms with Gasteiger partial charge in [-0.15, -0.1) is 0 Å². The highest BCUT2D eigenvalue weighted by atomic mass is 32.2. The Kier molecular flexibility index (Phi) is 2.61. The zero-order chi connectivity index (χ0) is 12.7. The molecule has 0 radical (unpaired) electrons. The predicted octanol–water partition coefficient (Wildman–Crippen LogP) is 1.97. The number of nitrogens with zero attached hydrogens (tertiary/aromatic N) is 2. The van der Waals surface area contributed by atoms with Crippen molar-refractivity contribution in [2.45, 2.75) is 18.9 Å². The van der Waals surface area contributed by atoms with Crippen molar-refractivity contribution in [2.75, 3.05) is 12.5 Å². The van der Waals surface area contributed by atoms with E-state index in [2.05, 4.69) is 15.5 Å². The predicted molar refractivity (Wildman–Crippen MR) is 75.2 cm³/mol. The van der Waals surface area contributed by atoms with Crippen LogP contribution in [-0.2, 0) is 0 Å². The molecule has 98 valence electrons. The molecule has 0 amide bonds. The minimum atomic E-state index is 0.302. The Hall–Kier alpha value is -1.69. The van der Waals surface area contributed by atoms with Gasteiger partial charge in [0.15, 0.2) is 16.7 Å². The van der Waals surface area contributed by atoms with E-state index in [0.717, 1.165) is 33.7 Å². The molecule has 1 aromatic rings. The summed E-state index contributed by atoms with van der Waals surface area (Å²) < 4.78 is 10.7. The topological polar surface area (TPSA) is 55.2 Å². The van der Waals surface area contributed by atoms with E-state index in [-0.39, 0.29) is 0 Å². The lowest BCUT2D eigenvalue weighted by Crippen LogP contribution is -2.25. The van der Waals surface area contributed by atoms with Crippen LogP contribution in [0, 0.1) is 0 Å². The summed E-state index contributed by atoms with van der Waals surface area (Å²) in [5, 5.41) is 5.34. The third-order valence-corrected chi connectivity index (χ3v) is 4.07. The fourth-order valence-electron chi connectivity index (χ4n) is 1.98. The number of benzene rings is 1. The van der Waals surface area contributed by atoms with E-state index in [1.807, 2.05) is 18.2 Å². The third-order valence-electron chi connectivity index (χ3n) is 3.18. The van der Waals surface area contributed by atoms with Gasteiger partial charge in [0.2, 0.25) is 6.79 Å². The second kappa shape index (κ2) is 4.45. The van der Waals surface area contributed by atoms with Gasteiger partial charge in [-0.1, -0.05) is 11.8 Å². The summed E-state index contributed by atoms with van der Waals surface area (Å²) in [7, 11) is 0. The average Bonchev–Trinajstić information content (AvgIpc) is 3.14. The minimum absolute atomic E-state index is 0.302. The first kappa shape index (κ1) is 11.2. The number of thioether (sulfide) groups is 1. The van der Waals surface area contributed by atoms with E-state index in [0.29, 0.717) is 12.8 Å². The van der Waals surface area contributed by atoms with Crippen molar-refractivity contribution in [3.05, 3.63) is 23.8 Å². The first-order valence-corrected chi connectivity index (χ1v) is 7.30. The summed E-state index contributed by atoms with van der Waals surface area (Å²) in [5.74, 6) is 2.43. The number of aliphatic imine (C=N–C) groups is 1. The van der Waals surface area contributed by atoms with E-state index in [1.165, 1.54) is 12.8 Å². The molecule has 0 aromatic heterocycles. The molecular weight excluding hydrogens is 262 g/mol. The lowest BCUT2D eigenvalue weighted by molar-refractivity contribution is 0.174. The normalized spacial score (nSPS) is 23.2. The molecule has 5 nitrogen and oxygen atoms in total. The molecule has 2 aliphatic heterocycles. The Morgan fingerprint density at radius 2 is 2.16 bits per heavy atom. The van der Waals surface area contributed by atoms with E-state index in [4.69, 9.17) is 9.47 Å². The molecule has 1 fully saturated rings. The number of nitrogens with one attached hydrogen (secondary N) is 1. The van der Waals surface area contributed by atoms with Crippen LogP contribution in [0.1, 0.15) is 18.4 Å². The second-order valence-electron chi connectivity index (χ2n) is 4.69. The maximum absolute atomic E-state index is 5.38. The highest BCUT2D eigenvalue weighted by Gasteiger charge is 2.23. The van der Waals surface area contributed by atoms with Crippen molar-refractivity contribution in [1.29, 1.82) is 0 Å². The largest absolute Gasteiger partial charge is 0.454 e. The second-order valence-corrected chi connectivity index (χ2v) is 5.66. The molecule has 1 aromatic carbocycles. The molecule has 0 spiro atoms. The van der Waals surface area contributed by atoms with Gasteiger partial charge < -0.3 is 9.47 Å². The van der Waals surface area contributed by atoms with Crippen LogP contribution in [0.25, 0.3) is 0 Å². The van der Waals surface area contributed by atoms with Gasteiger partial charge in [0.1, 0.15) is 0 Å². The number of ether oxygens (including phenoxy) is 2. The maximum atomic E-state index is 5.38. The smallest absolute Gasteiger partial charge is 0.231 e. The molecule has 2 heterocycles. The van der Waals surface area contributed by atoms with Crippen molar-refractivity contribution in [3.8, 4) is 11.5 Å². The van der Waals surface area contributed by atoms with Gasteiger partial charge in [0.25, 0.3) is 0 Å². The van der Waals surface area contributed by atoms with Crippen LogP contribution in [0.2, 0.25) is 0 Å². The van der Waals surface area contributed by atoms with Crippen molar-refractivity contribution < 1.29 is 9.47 Å². The third kappa shape index (κ3) is 2.28. The number of amidine groups is 1. The number of hydrogen-bond acceptors (Lipinski definition) is 5. The summed E-state index contributed by atoms with van der Waals surface area (Å²) in [6, 6.07) is 6.44. The minimum Gasteiger partial charge on any atom is -0.454 e. The van der Waals surface area contributed by atoms with Crippen LogP contribution >= 0.6 is 11.8 Å². The lowest BCUT2D eigenvalue weighted by Gasteiger charge is -2.15. The molecule has 0 unspecified atom stereocenters. The first-order valence-electron chi connectivity index (χ1n) is 6.32. The Bertz CT molecular complexity index is 581. The molecule has 1 saturated carbocycles. The number of rotatable bonds is 2. The average molecular weight is 275 g/mol. The Balaban J connectivity index is 1.55. The number of hydrogen-bond donors (Lipinski definition) is 1. The summed E-state index contributed by atoms with van der Waals surface area (Å²) in [4.78, 5) is 4.55. The van der Waals surface area contributed by atoms with Crippen molar-refractivity contribution in [2.24, 2.45) is 10.1 Å². The van der Waals surface area contributed by atoms with E-state index in [9.17, 15) is 0 Å². The SMILES string of the molecule is c1cc2c(cc1C1=NNC(=NC3CC3)SC1)OCO2. The summed E-state index contributed by atoms with van der Waals surface area (Å²) >= 11 is 1.70. The van der Waals surface area contributed by atoms with Crippen LogP contribution < -0.4 is 14.9 Å². The fraction of sp³-hybridized carbons (Fsp3) is 0.385. The molecular formula is C13H13N3O2S. The standard InChI is InChI=1S/C13H13N3O2S/c1-4-11-12(18-7-17-11)5-8(1)10-6-19-13(16-15-10)14-9-2-3-9/h1,4-5,9H,2-3,6-7H2,(H,14,16). The van der Waals surface area contributed by atoms with Crippen LogP contribution in [0.3, 0.4) is 0 Å². The zero-order valence-electron chi connectivity index (χ0n) is 10.3. The molecule has 3 aliphatic rings. The maximum Gasteiger partial charge on any atom is 0.231 e. The molecule has 0 bridgehead atoms.